The smallest absolute Gasteiger partial charge is 0.236 e. The number of nitrogens with one attached hydrogen (secondary N) is 1. The predicted octanol–water partition coefficient (Wildman–Crippen LogP) is 0.477. The van der Waals surface area contributed by atoms with Gasteiger partial charge in [0.2, 0.25) is 5.91 Å². The van der Waals surface area contributed by atoms with Crippen LogP contribution in [0.15, 0.2) is 30.3 Å². The number of rotatable bonds is 7. The second-order valence-electron chi connectivity index (χ2n) is 3.68. The number of amides is 1. The molecule has 96 valence electrons. The maximum absolute atomic E-state index is 10.8. The number of hydrogen-bond donors (Lipinski definition) is 3. The highest BCUT2D eigenvalue weighted by Gasteiger charge is 2.11. The third-order valence-electron chi connectivity index (χ3n) is 2.40. The van der Waals surface area contributed by atoms with Crippen LogP contribution < -0.4 is 11.1 Å². The van der Waals surface area contributed by atoms with Crippen LogP contribution in [0.25, 0.3) is 0 Å². The zero-order valence-corrected chi connectivity index (χ0v) is 10.5. The van der Waals surface area contributed by atoms with Crippen LogP contribution in [0.4, 0.5) is 0 Å². The molecule has 0 aliphatic rings. The first-order valence-corrected chi connectivity index (χ1v) is 5.41. The average molecular weight is 259 g/mol. The van der Waals surface area contributed by atoms with Crippen LogP contribution in [0.2, 0.25) is 0 Å². The van der Waals surface area contributed by atoms with Gasteiger partial charge in [0.05, 0.1) is 6.61 Å². The molecule has 0 fully saturated rings. The van der Waals surface area contributed by atoms with Crippen molar-refractivity contribution in [2.75, 3.05) is 13.2 Å². The van der Waals surface area contributed by atoms with Gasteiger partial charge >= 0.3 is 0 Å². The molecule has 0 radical (unpaired) electrons. The Morgan fingerprint density at radius 3 is 2.53 bits per heavy atom. The van der Waals surface area contributed by atoms with Crippen LogP contribution >= 0.6 is 12.4 Å². The maximum Gasteiger partial charge on any atom is 0.236 e. The van der Waals surface area contributed by atoms with E-state index in [4.69, 9.17) is 10.8 Å². The number of aryl methyl sites for hydroxylation is 1. The summed E-state index contributed by atoms with van der Waals surface area (Å²) in [6, 6.07) is 9.49. The molecular formula is C12H19ClN2O2. The number of nitrogens with two attached hydrogens (primary N) is 1. The summed E-state index contributed by atoms with van der Waals surface area (Å²) in [6.45, 7) is 0.420. The molecule has 4 nitrogen and oxygen atoms in total. The maximum atomic E-state index is 10.8. The Kier molecular flexibility index (Phi) is 8.40. The number of halogens is 1. The number of hydrogen-bond acceptors (Lipinski definition) is 3. The van der Waals surface area contributed by atoms with E-state index in [-0.39, 0.29) is 19.0 Å². The lowest BCUT2D eigenvalue weighted by Crippen LogP contribution is -2.44. The number of carbonyl (C=O) groups excluding carboxylic acids is 1. The van der Waals surface area contributed by atoms with Gasteiger partial charge in [-0.25, -0.2) is 0 Å². The number of carbonyl (C=O) groups is 1. The lowest BCUT2D eigenvalue weighted by Gasteiger charge is -2.11. The van der Waals surface area contributed by atoms with Gasteiger partial charge in [0.25, 0.3) is 0 Å². The van der Waals surface area contributed by atoms with Crippen molar-refractivity contribution in [2.45, 2.75) is 18.9 Å². The van der Waals surface area contributed by atoms with E-state index in [9.17, 15) is 4.79 Å². The molecule has 1 aromatic carbocycles. The third kappa shape index (κ3) is 6.26. The molecule has 0 saturated heterocycles. The molecule has 0 heterocycles. The van der Waals surface area contributed by atoms with Crippen molar-refractivity contribution >= 4 is 18.3 Å². The topological polar surface area (TPSA) is 75.4 Å². The van der Waals surface area contributed by atoms with Crippen molar-refractivity contribution in [2.24, 2.45) is 5.73 Å². The number of aliphatic hydroxyl groups is 1. The SMILES string of the molecule is Cl.NC(=O)[C@H](CO)NCCCc1ccccc1. The quantitative estimate of drug-likeness (QED) is 0.623. The van der Waals surface area contributed by atoms with Crippen LogP contribution in [0.1, 0.15) is 12.0 Å². The average Bonchev–Trinajstić information content (AvgIpc) is 2.30. The minimum absolute atomic E-state index is 0. The molecule has 0 aliphatic heterocycles. The van der Waals surface area contributed by atoms with Crippen LogP contribution in [-0.4, -0.2) is 30.2 Å². The number of aliphatic hydroxyl groups excluding tert-OH is 1. The van der Waals surface area contributed by atoms with Crippen molar-refractivity contribution in [3.05, 3.63) is 35.9 Å². The van der Waals surface area contributed by atoms with Crippen LogP contribution in [-0.2, 0) is 11.2 Å². The summed E-state index contributed by atoms with van der Waals surface area (Å²) in [5.41, 5.74) is 6.35. The van der Waals surface area contributed by atoms with E-state index in [1.807, 2.05) is 18.2 Å². The first-order valence-electron chi connectivity index (χ1n) is 5.41. The highest BCUT2D eigenvalue weighted by molar-refractivity contribution is 5.85. The fraction of sp³-hybridized carbons (Fsp3) is 0.417. The third-order valence-corrected chi connectivity index (χ3v) is 2.40. The van der Waals surface area contributed by atoms with Crippen LogP contribution in [0.5, 0.6) is 0 Å². The van der Waals surface area contributed by atoms with Crippen molar-refractivity contribution in [3.8, 4) is 0 Å². The van der Waals surface area contributed by atoms with Crippen LogP contribution in [0.3, 0.4) is 0 Å². The second kappa shape index (κ2) is 8.98. The Labute approximate surface area is 108 Å². The lowest BCUT2D eigenvalue weighted by atomic mass is 10.1. The molecule has 0 aromatic heterocycles. The Hall–Kier alpha value is -1.10. The van der Waals surface area contributed by atoms with Gasteiger partial charge in [-0.15, -0.1) is 12.4 Å². The van der Waals surface area contributed by atoms with E-state index in [2.05, 4.69) is 17.4 Å². The molecule has 17 heavy (non-hydrogen) atoms. The normalized spacial score (nSPS) is 11.6. The minimum Gasteiger partial charge on any atom is -0.394 e. The number of primary amides is 1. The summed E-state index contributed by atoms with van der Waals surface area (Å²) >= 11 is 0. The van der Waals surface area contributed by atoms with Gasteiger partial charge in [-0.3, -0.25) is 4.79 Å². The molecule has 0 bridgehead atoms. The largest absolute Gasteiger partial charge is 0.394 e. The monoisotopic (exact) mass is 258 g/mol. The number of benzene rings is 1. The Morgan fingerprint density at radius 2 is 2.00 bits per heavy atom. The summed E-state index contributed by atoms with van der Waals surface area (Å²) in [7, 11) is 0. The summed E-state index contributed by atoms with van der Waals surface area (Å²) in [6.07, 6.45) is 1.86. The van der Waals surface area contributed by atoms with Gasteiger partial charge in [0, 0.05) is 0 Å². The predicted molar refractivity (Wildman–Crippen MR) is 70.1 cm³/mol. The summed E-state index contributed by atoms with van der Waals surface area (Å²) < 4.78 is 0. The minimum atomic E-state index is -0.629. The Bertz CT molecular complexity index is 320. The molecule has 0 aliphatic carbocycles. The van der Waals surface area contributed by atoms with Gasteiger partial charge in [-0.1, -0.05) is 30.3 Å². The fourth-order valence-corrected chi connectivity index (χ4v) is 1.47. The molecule has 4 N–H and O–H groups in total. The molecule has 1 atom stereocenters. The zero-order chi connectivity index (χ0) is 11.8. The van der Waals surface area contributed by atoms with E-state index in [1.165, 1.54) is 5.56 Å². The van der Waals surface area contributed by atoms with E-state index < -0.39 is 11.9 Å². The Morgan fingerprint density at radius 1 is 1.35 bits per heavy atom. The highest BCUT2D eigenvalue weighted by Crippen LogP contribution is 2.01. The lowest BCUT2D eigenvalue weighted by molar-refractivity contribution is -0.120. The van der Waals surface area contributed by atoms with E-state index >= 15 is 0 Å². The van der Waals surface area contributed by atoms with Crippen molar-refractivity contribution < 1.29 is 9.90 Å². The van der Waals surface area contributed by atoms with Gasteiger partial charge < -0.3 is 16.2 Å². The second-order valence-corrected chi connectivity index (χ2v) is 3.68. The molecule has 0 unspecified atom stereocenters. The summed E-state index contributed by atoms with van der Waals surface area (Å²) in [4.78, 5) is 10.8. The van der Waals surface area contributed by atoms with E-state index in [0.29, 0.717) is 6.54 Å². The van der Waals surface area contributed by atoms with E-state index in [0.717, 1.165) is 12.8 Å². The molecule has 1 aromatic rings. The Balaban J connectivity index is 0.00000256. The van der Waals surface area contributed by atoms with Crippen molar-refractivity contribution in [3.63, 3.8) is 0 Å². The summed E-state index contributed by atoms with van der Waals surface area (Å²) in [5, 5.41) is 11.8. The zero-order valence-electron chi connectivity index (χ0n) is 9.63. The summed E-state index contributed by atoms with van der Waals surface area (Å²) in [5.74, 6) is -0.512. The van der Waals surface area contributed by atoms with Gasteiger partial charge in [-0.2, -0.15) is 0 Å². The standard InChI is InChI=1S/C12H18N2O2.ClH/c13-12(16)11(9-15)14-8-4-7-10-5-2-1-3-6-10;/h1-3,5-6,11,14-15H,4,7-9H2,(H2,13,16);1H/t11-;/m0./s1. The molecule has 0 spiro atoms. The first-order chi connectivity index (χ1) is 7.74. The van der Waals surface area contributed by atoms with Gasteiger partial charge in [0.1, 0.15) is 6.04 Å². The molecular weight excluding hydrogens is 240 g/mol. The highest BCUT2D eigenvalue weighted by atomic mass is 35.5. The fourth-order valence-electron chi connectivity index (χ4n) is 1.47. The molecule has 1 amide bonds. The van der Waals surface area contributed by atoms with E-state index in [1.54, 1.807) is 0 Å². The first kappa shape index (κ1) is 15.9. The van der Waals surface area contributed by atoms with Crippen molar-refractivity contribution in [1.29, 1.82) is 0 Å². The molecule has 1 rings (SSSR count). The molecule has 0 saturated carbocycles. The van der Waals surface area contributed by atoms with Crippen molar-refractivity contribution in [1.82, 2.24) is 5.32 Å². The van der Waals surface area contributed by atoms with Gasteiger partial charge in [-0.05, 0) is 24.9 Å². The van der Waals surface area contributed by atoms with Crippen LogP contribution in [0, 0.1) is 0 Å². The molecule has 5 heteroatoms. The van der Waals surface area contributed by atoms with Gasteiger partial charge in [0.15, 0.2) is 0 Å².